The summed E-state index contributed by atoms with van der Waals surface area (Å²) in [7, 11) is -1.38. The van der Waals surface area contributed by atoms with Gasteiger partial charge in [-0.05, 0) is 25.8 Å². The van der Waals surface area contributed by atoms with E-state index in [9.17, 15) is 8.42 Å². The van der Waals surface area contributed by atoms with Gasteiger partial charge in [-0.1, -0.05) is 30.3 Å². The minimum atomic E-state index is -3.11. The number of sulfone groups is 1. The van der Waals surface area contributed by atoms with Crippen LogP contribution in [-0.4, -0.2) is 77.0 Å². The van der Waals surface area contributed by atoms with Crippen molar-refractivity contribution in [1.29, 1.82) is 0 Å². The maximum atomic E-state index is 12.3. The molecule has 1 saturated heterocycles. The number of ether oxygens (including phenoxy) is 1. The van der Waals surface area contributed by atoms with E-state index in [0.717, 1.165) is 38.4 Å². The Balaban J connectivity index is 1.70. The molecule has 1 aromatic carbocycles. The molecule has 0 spiro atoms. The summed E-state index contributed by atoms with van der Waals surface area (Å²) in [6.07, 6.45) is 0.544. The first kappa shape index (κ1) is 22.6. The third-order valence-electron chi connectivity index (χ3n) is 4.93. The molecule has 0 unspecified atom stereocenters. The van der Waals surface area contributed by atoms with E-state index in [-0.39, 0.29) is 17.0 Å². The van der Waals surface area contributed by atoms with Crippen LogP contribution in [-0.2, 0) is 20.3 Å². The first-order valence-electron chi connectivity index (χ1n) is 9.84. The molecule has 0 radical (unpaired) electrons. The molecule has 28 heavy (non-hydrogen) atoms. The largest absolute Gasteiger partial charge is 0.379 e. The Morgan fingerprint density at radius 1 is 1.18 bits per heavy atom. The highest BCUT2D eigenvalue weighted by molar-refractivity contribution is 7.90. The van der Waals surface area contributed by atoms with Gasteiger partial charge in [0.25, 0.3) is 0 Å². The molecule has 1 aliphatic heterocycles. The molecule has 1 aromatic rings. The van der Waals surface area contributed by atoms with Gasteiger partial charge >= 0.3 is 0 Å². The Morgan fingerprint density at radius 3 is 2.50 bits per heavy atom. The number of morpholine rings is 1. The molecular formula is C20H34N4O3S. The van der Waals surface area contributed by atoms with Crippen molar-refractivity contribution in [3.8, 4) is 0 Å². The average molecular weight is 411 g/mol. The molecule has 1 aliphatic rings. The quantitative estimate of drug-likeness (QED) is 0.362. The van der Waals surface area contributed by atoms with E-state index < -0.39 is 9.84 Å². The summed E-state index contributed by atoms with van der Waals surface area (Å²) in [5, 5.41) is 6.56. The van der Waals surface area contributed by atoms with Crippen LogP contribution in [0.15, 0.2) is 35.3 Å². The third kappa shape index (κ3) is 7.77. The van der Waals surface area contributed by atoms with Crippen LogP contribution >= 0.6 is 0 Å². The van der Waals surface area contributed by atoms with Crippen LogP contribution in [0.4, 0.5) is 0 Å². The maximum absolute atomic E-state index is 12.3. The molecule has 0 aliphatic carbocycles. The molecule has 7 nitrogen and oxygen atoms in total. The van der Waals surface area contributed by atoms with Crippen molar-refractivity contribution in [2.24, 2.45) is 4.99 Å². The number of hydrogen-bond donors (Lipinski definition) is 2. The van der Waals surface area contributed by atoms with Gasteiger partial charge in [0.15, 0.2) is 15.8 Å². The first-order valence-corrected chi connectivity index (χ1v) is 11.7. The molecule has 0 bridgehead atoms. The Bertz CT molecular complexity index is 714. The summed E-state index contributed by atoms with van der Waals surface area (Å²) in [4.78, 5) is 6.65. The SMILES string of the molecule is CN=C(NCCCS(=O)(=O)Cc1ccccc1)NCC(C)(C)N1CCOCC1. The second kappa shape index (κ2) is 10.8. The first-order chi connectivity index (χ1) is 13.3. The van der Waals surface area contributed by atoms with Gasteiger partial charge in [-0.2, -0.15) is 0 Å². The number of nitrogens with zero attached hydrogens (tertiary/aromatic N) is 2. The number of rotatable bonds is 9. The van der Waals surface area contributed by atoms with Gasteiger partial charge in [0.05, 0.1) is 24.7 Å². The summed E-state index contributed by atoms with van der Waals surface area (Å²) >= 11 is 0. The van der Waals surface area contributed by atoms with Gasteiger partial charge in [0, 0.05) is 38.8 Å². The normalized spacial score (nSPS) is 16.8. The molecule has 8 heteroatoms. The molecule has 0 aromatic heterocycles. The lowest BCUT2D eigenvalue weighted by atomic mass is 10.0. The van der Waals surface area contributed by atoms with Crippen molar-refractivity contribution in [3.63, 3.8) is 0 Å². The van der Waals surface area contributed by atoms with E-state index in [1.54, 1.807) is 7.05 Å². The summed E-state index contributed by atoms with van der Waals surface area (Å²) < 4.78 is 29.9. The predicted molar refractivity (Wildman–Crippen MR) is 114 cm³/mol. The standard InChI is InChI=1S/C20H34N4O3S/c1-20(2,24-11-13-27-14-12-24)17-23-19(21-3)22-10-7-15-28(25,26)16-18-8-5-4-6-9-18/h4-6,8-9H,7,10-17H2,1-3H3,(H2,21,22,23). The van der Waals surface area contributed by atoms with Crippen molar-refractivity contribution >= 4 is 15.8 Å². The molecule has 0 saturated carbocycles. The number of benzene rings is 1. The van der Waals surface area contributed by atoms with E-state index in [2.05, 4.69) is 34.4 Å². The zero-order valence-electron chi connectivity index (χ0n) is 17.3. The highest BCUT2D eigenvalue weighted by atomic mass is 32.2. The zero-order valence-corrected chi connectivity index (χ0v) is 18.1. The lowest BCUT2D eigenvalue weighted by Crippen LogP contribution is -2.56. The van der Waals surface area contributed by atoms with Crippen molar-refractivity contribution < 1.29 is 13.2 Å². The van der Waals surface area contributed by atoms with Crippen LogP contribution in [0.5, 0.6) is 0 Å². The molecule has 2 rings (SSSR count). The van der Waals surface area contributed by atoms with Crippen LogP contribution in [0.25, 0.3) is 0 Å². The van der Waals surface area contributed by atoms with Crippen molar-refractivity contribution in [2.45, 2.75) is 31.6 Å². The van der Waals surface area contributed by atoms with Gasteiger partial charge in [0.1, 0.15) is 0 Å². The highest BCUT2D eigenvalue weighted by Gasteiger charge is 2.28. The smallest absolute Gasteiger partial charge is 0.191 e. The second-order valence-electron chi connectivity index (χ2n) is 7.70. The fourth-order valence-electron chi connectivity index (χ4n) is 3.20. The van der Waals surface area contributed by atoms with Crippen LogP contribution in [0.3, 0.4) is 0 Å². The molecule has 0 amide bonds. The number of hydrogen-bond acceptors (Lipinski definition) is 5. The van der Waals surface area contributed by atoms with Crippen molar-refractivity contribution in [1.82, 2.24) is 15.5 Å². The molecule has 2 N–H and O–H groups in total. The van der Waals surface area contributed by atoms with Crippen LogP contribution in [0, 0.1) is 0 Å². The minimum Gasteiger partial charge on any atom is -0.379 e. The Labute approximate surface area is 169 Å². The Morgan fingerprint density at radius 2 is 1.86 bits per heavy atom. The minimum absolute atomic E-state index is 0.0135. The maximum Gasteiger partial charge on any atom is 0.191 e. The van der Waals surface area contributed by atoms with E-state index in [1.807, 2.05) is 30.3 Å². The van der Waals surface area contributed by atoms with Crippen LogP contribution in [0.1, 0.15) is 25.8 Å². The second-order valence-corrected chi connectivity index (χ2v) is 9.88. The van der Waals surface area contributed by atoms with E-state index in [4.69, 9.17) is 4.74 Å². The van der Waals surface area contributed by atoms with Gasteiger partial charge in [-0.3, -0.25) is 9.89 Å². The summed E-state index contributed by atoms with van der Waals surface area (Å²) in [5.41, 5.74) is 0.818. The number of guanidine groups is 1. The lowest BCUT2D eigenvalue weighted by Gasteiger charge is -2.41. The zero-order chi connectivity index (χ0) is 20.5. The van der Waals surface area contributed by atoms with E-state index in [0.29, 0.717) is 18.9 Å². The van der Waals surface area contributed by atoms with Gasteiger partial charge in [-0.15, -0.1) is 0 Å². The highest BCUT2D eigenvalue weighted by Crippen LogP contribution is 2.15. The third-order valence-corrected chi connectivity index (χ3v) is 6.62. The lowest BCUT2D eigenvalue weighted by molar-refractivity contribution is -0.00833. The van der Waals surface area contributed by atoms with Crippen LogP contribution < -0.4 is 10.6 Å². The van der Waals surface area contributed by atoms with E-state index >= 15 is 0 Å². The van der Waals surface area contributed by atoms with Gasteiger partial charge in [-0.25, -0.2) is 8.42 Å². The summed E-state index contributed by atoms with van der Waals surface area (Å²) in [5.74, 6) is 0.946. The Hall–Kier alpha value is -1.64. The van der Waals surface area contributed by atoms with Crippen molar-refractivity contribution in [3.05, 3.63) is 35.9 Å². The molecule has 0 atom stereocenters. The van der Waals surface area contributed by atoms with Gasteiger partial charge in [0.2, 0.25) is 0 Å². The topological polar surface area (TPSA) is 83.0 Å². The summed E-state index contributed by atoms with van der Waals surface area (Å²) in [6, 6.07) is 9.30. The molecule has 1 fully saturated rings. The molecule has 1 heterocycles. The van der Waals surface area contributed by atoms with Gasteiger partial charge < -0.3 is 15.4 Å². The van der Waals surface area contributed by atoms with Crippen LogP contribution in [0.2, 0.25) is 0 Å². The number of nitrogens with one attached hydrogen (secondary N) is 2. The molecule has 158 valence electrons. The predicted octanol–water partition coefficient (Wildman–Crippen LogP) is 1.27. The fourth-order valence-corrected chi connectivity index (χ4v) is 4.63. The monoisotopic (exact) mass is 410 g/mol. The average Bonchev–Trinajstić information content (AvgIpc) is 2.68. The summed E-state index contributed by atoms with van der Waals surface area (Å²) in [6.45, 7) is 9.12. The van der Waals surface area contributed by atoms with Crippen molar-refractivity contribution in [2.75, 3.05) is 52.2 Å². The fraction of sp³-hybridized carbons (Fsp3) is 0.650. The van der Waals surface area contributed by atoms with E-state index in [1.165, 1.54) is 0 Å². The Kier molecular flexibility index (Phi) is 8.72. The molecular weight excluding hydrogens is 376 g/mol. The number of aliphatic imine (C=N–C) groups is 1.